The molecule has 0 saturated carbocycles. The summed E-state index contributed by atoms with van der Waals surface area (Å²) in [5.41, 5.74) is 9.20. The van der Waals surface area contributed by atoms with Crippen LogP contribution in [0.2, 0.25) is 0 Å². The largest absolute Gasteiger partial charge is 0.370 e. The first-order valence-electron chi connectivity index (χ1n) is 7.46. The Morgan fingerprint density at radius 1 is 1.50 bits per heavy atom. The topological polar surface area (TPSA) is 58.4 Å². The first-order chi connectivity index (χ1) is 9.61. The summed E-state index contributed by atoms with van der Waals surface area (Å²) in [6.07, 6.45) is 2.02. The molecule has 1 aliphatic heterocycles. The van der Waals surface area contributed by atoms with Gasteiger partial charge in [0.05, 0.1) is 5.92 Å². The molecule has 0 bridgehead atoms. The Hall–Kier alpha value is -1.55. The molecule has 20 heavy (non-hydrogen) atoms. The Bertz CT molecular complexity index is 473. The molecule has 1 atom stereocenters. The number of anilines is 1. The Morgan fingerprint density at radius 3 is 2.90 bits per heavy atom. The third-order valence-corrected chi connectivity index (χ3v) is 3.95. The molecule has 1 saturated heterocycles. The Balaban J connectivity index is 2.01. The van der Waals surface area contributed by atoms with E-state index in [1.807, 2.05) is 0 Å². The van der Waals surface area contributed by atoms with Gasteiger partial charge in [-0.2, -0.15) is 0 Å². The minimum atomic E-state index is -0.175. The van der Waals surface area contributed by atoms with Crippen molar-refractivity contribution in [2.24, 2.45) is 11.7 Å². The summed E-state index contributed by atoms with van der Waals surface area (Å²) in [6, 6.07) is 6.57. The molecule has 0 aromatic heterocycles. The minimum absolute atomic E-state index is 0.000275. The fourth-order valence-electron chi connectivity index (χ4n) is 2.80. The second-order valence-corrected chi connectivity index (χ2v) is 5.63. The van der Waals surface area contributed by atoms with E-state index in [-0.39, 0.29) is 11.8 Å². The summed E-state index contributed by atoms with van der Waals surface area (Å²) in [6.45, 7) is 7.94. The van der Waals surface area contributed by atoms with E-state index >= 15 is 0 Å². The third kappa shape index (κ3) is 3.51. The predicted octanol–water partition coefficient (Wildman–Crippen LogP) is 1.81. The Morgan fingerprint density at radius 2 is 2.30 bits per heavy atom. The zero-order chi connectivity index (χ0) is 14.5. The van der Waals surface area contributed by atoms with Gasteiger partial charge in [-0.15, -0.1) is 0 Å². The SMILES string of the molecule is CCCNCc1ccc(N2CCC(C(N)=O)C2)c(C)c1. The van der Waals surface area contributed by atoms with E-state index in [1.54, 1.807) is 0 Å². The molecule has 1 unspecified atom stereocenters. The third-order valence-electron chi connectivity index (χ3n) is 3.95. The lowest BCUT2D eigenvalue weighted by Crippen LogP contribution is -2.27. The molecule has 3 N–H and O–H groups in total. The van der Waals surface area contributed by atoms with Crippen LogP contribution in [0.3, 0.4) is 0 Å². The van der Waals surface area contributed by atoms with Crippen molar-refractivity contribution in [3.8, 4) is 0 Å². The summed E-state index contributed by atoms with van der Waals surface area (Å²) in [5.74, 6) is -0.175. The number of carbonyl (C=O) groups is 1. The monoisotopic (exact) mass is 275 g/mol. The van der Waals surface area contributed by atoms with E-state index in [0.29, 0.717) is 0 Å². The van der Waals surface area contributed by atoms with Gasteiger partial charge in [-0.1, -0.05) is 19.1 Å². The average Bonchev–Trinajstić information content (AvgIpc) is 2.89. The lowest BCUT2D eigenvalue weighted by atomic mass is 10.1. The van der Waals surface area contributed by atoms with Crippen LogP contribution in [0.5, 0.6) is 0 Å². The van der Waals surface area contributed by atoms with Gasteiger partial charge in [0.1, 0.15) is 0 Å². The minimum Gasteiger partial charge on any atom is -0.370 e. The molecule has 1 aliphatic rings. The fraction of sp³-hybridized carbons (Fsp3) is 0.562. The number of aryl methyl sites for hydroxylation is 1. The highest BCUT2D eigenvalue weighted by Gasteiger charge is 2.27. The smallest absolute Gasteiger partial charge is 0.222 e. The van der Waals surface area contributed by atoms with Crippen LogP contribution >= 0.6 is 0 Å². The van der Waals surface area contributed by atoms with E-state index in [2.05, 4.69) is 42.3 Å². The molecule has 0 spiro atoms. The van der Waals surface area contributed by atoms with Crippen molar-refractivity contribution in [3.05, 3.63) is 29.3 Å². The van der Waals surface area contributed by atoms with Gasteiger partial charge in [-0.25, -0.2) is 0 Å². The number of nitrogens with zero attached hydrogens (tertiary/aromatic N) is 1. The maximum absolute atomic E-state index is 11.3. The van der Waals surface area contributed by atoms with Crippen molar-refractivity contribution in [1.29, 1.82) is 0 Å². The standard InChI is InChI=1S/C16H25N3O/c1-3-7-18-10-13-4-5-15(12(2)9-13)19-8-6-14(11-19)16(17)20/h4-5,9,14,18H,3,6-8,10-11H2,1-2H3,(H2,17,20). The Labute approximate surface area is 121 Å². The van der Waals surface area contributed by atoms with Crippen molar-refractivity contribution in [2.75, 3.05) is 24.5 Å². The first-order valence-corrected chi connectivity index (χ1v) is 7.46. The lowest BCUT2D eigenvalue weighted by Gasteiger charge is -2.21. The average molecular weight is 275 g/mol. The number of nitrogens with two attached hydrogens (primary N) is 1. The predicted molar refractivity (Wildman–Crippen MR) is 82.7 cm³/mol. The van der Waals surface area contributed by atoms with Crippen molar-refractivity contribution >= 4 is 11.6 Å². The van der Waals surface area contributed by atoms with Crippen molar-refractivity contribution in [3.63, 3.8) is 0 Å². The number of benzene rings is 1. The van der Waals surface area contributed by atoms with Gasteiger partial charge in [-0.05, 0) is 43.5 Å². The summed E-state index contributed by atoms with van der Waals surface area (Å²) >= 11 is 0. The maximum Gasteiger partial charge on any atom is 0.222 e. The van der Waals surface area contributed by atoms with Crippen LogP contribution in [0.25, 0.3) is 0 Å². The van der Waals surface area contributed by atoms with Crippen LogP contribution < -0.4 is 16.0 Å². The molecular weight excluding hydrogens is 250 g/mol. The lowest BCUT2D eigenvalue weighted by molar-refractivity contribution is -0.121. The number of hydrogen-bond donors (Lipinski definition) is 2. The Kier molecular flexibility index (Phi) is 5.01. The molecule has 0 radical (unpaired) electrons. The number of nitrogens with one attached hydrogen (secondary N) is 1. The quantitative estimate of drug-likeness (QED) is 0.778. The molecular formula is C16H25N3O. The van der Waals surface area contributed by atoms with Gasteiger partial charge in [0, 0.05) is 25.3 Å². The van der Waals surface area contributed by atoms with E-state index in [9.17, 15) is 4.79 Å². The summed E-state index contributed by atoms with van der Waals surface area (Å²) in [5, 5.41) is 3.41. The highest BCUT2D eigenvalue weighted by Crippen LogP contribution is 2.27. The van der Waals surface area contributed by atoms with Crippen LogP contribution in [0, 0.1) is 12.8 Å². The molecule has 4 nitrogen and oxygen atoms in total. The van der Waals surface area contributed by atoms with Crippen LogP contribution in [0.15, 0.2) is 18.2 Å². The van der Waals surface area contributed by atoms with E-state index in [4.69, 9.17) is 5.73 Å². The van der Waals surface area contributed by atoms with Gasteiger partial charge in [-0.3, -0.25) is 4.79 Å². The van der Waals surface area contributed by atoms with Crippen molar-refractivity contribution < 1.29 is 4.79 Å². The number of carbonyl (C=O) groups excluding carboxylic acids is 1. The van der Waals surface area contributed by atoms with E-state index < -0.39 is 0 Å². The maximum atomic E-state index is 11.3. The van der Waals surface area contributed by atoms with Crippen molar-refractivity contribution in [1.82, 2.24) is 5.32 Å². The molecule has 1 fully saturated rings. The van der Waals surface area contributed by atoms with Gasteiger partial charge in [0.15, 0.2) is 0 Å². The van der Waals surface area contributed by atoms with Gasteiger partial charge in [0.2, 0.25) is 5.91 Å². The van der Waals surface area contributed by atoms with E-state index in [0.717, 1.165) is 39.0 Å². The van der Waals surface area contributed by atoms with Crippen LogP contribution in [-0.4, -0.2) is 25.5 Å². The first kappa shape index (κ1) is 14.9. The zero-order valence-electron chi connectivity index (χ0n) is 12.5. The van der Waals surface area contributed by atoms with Gasteiger partial charge >= 0.3 is 0 Å². The molecule has 1 aromatic rings. The number of primary amides is 1. The number of amides is 1. The van der Waals surface area contributed by atoms with Gasteiger partial charge in [0.25, 0.3) is 0 Å². The summed E-state index contributed by atoms with van der Waals surface area (Å²) in [4.78, 5) is 13.5. The molecule has 0 aliphatic carbocycles. The van der Waals surface area contributed by atoms with Gasteiger partial charge < -0.3 is 16.0 Å². The normalized spacial score (nSPS) is 18.5. The number of hydrogen-bond acceptors (Lipinski definition) is 3. The molecule has 1 aromatic carbocycles. The summed E-state index contributed by atoms with van der Waals surface area (Å²) in [7, 11) is 0. The zero-order valence-corrected chi connectivity index (χ0v) is 12.5. The second-order valence-electron chi connectivity index (χ2n) is 5.63. The van der Waals surface area contributed by atoms with Crippen LogP contribution in [-0.2, 0) is 11.3 Å². The molecule has 110 valence electrons. The fourth-order valence-corrected chi connectivity index (χ4v) is 2.80. The van der Waals surface area contributed by atoms with Crippen LogP contribution in [0.4, 0.5) is 5.69 Å². The molecule has 4 heteroatoms. The molecule has 2 rings (SSSR count). The van der Waals surface area contributed by atoms with Crippen molar-refractivity contribution in [2.45, 2.75) is 33.2 Å². The number of rotatable bonds is 6. The second kappa shape index (κ2) is 6.75. The highest BCUT2D eigenvalue weighted by atomic mass is 16.1. The van der Waals surface area contributed by atoms with E-state index in [1.165, 1.54) is 16.8 Å². The summed E-state index contributed by atoms with van der Waals surface area (Å²) < 4.78 is 0. The molecule has 1 heterocycles. The highest BCUT2D eigenvalue weighted by molar-refractivity contribution is 5.78. The van der Waals surface area contributed by atoms with Crippen LogP contribution in [0.1, 0.15) is 30.9 Å². The molecule has 1 amide bonds.